The zero-order valence-electron chi connectivity index (χ0n) is 14.8. The second-order valence-corrected chi connectivity index (χ2v) is 7.81. The normalized spacial score (nSPS) is 11.5. The summed E-state index contributed by atoms with van der Waals surface area (Å²) in [6.45, 7) is 1.39. The first kappa shape index (κ1) is 17.8. The summed E-state index contributed by atoms with van der Waals surface area (Å²) in [6.07, 6.45) is 1.49. The molecule has 0 unspecified atom stereocenters. The van der Waals surface area contributed by atoms with Crippen LogP contribution in [0.15, 0.2) is 71.9 Å². The lowest BCUT2D eigenvalue weighted by Crippen LogP contribution is -2.13. The summed E-state index contributed by atoms with van der Waals surface area (Å²) >= 11 is 0. The minimum Gasteiger partial charge on any atom is -0.295 e. The number of hydrogen-bond donors (Lipinski definition) is 1. The van der Waals surface area contributed by atoms with Crippen molar-refractivity contribution in [2.45, 2.75) is 11.8 Å². The lowest BCUT2D eigenvalue weighted by molar-refractivity contribution is 0.101. The van der Waals surface area contributed by atoms with Crippen LogP contribution >= 0.6 is 0 Å². The highest BCUT2D eigenvalue weighted by Crippen LogP contribution is 2.23. The van der Waals surface area contributed by atoms with Crippen LogP contribution in [0.25, 0.3) is 16.9 Å². The Bertz CT molecular complexity index is 1300. The van der Waals surface area contributed by atoms with E-state index in [0.717, 1.165) is 5.56 Å². The summed E-state index contributed by atoms with van der Waals surface area (Å²) in [6, 6.07) is 16.4. The van der Waals surface area contributed by atoms with Crippen molar-refractivity contribution >= 4 is 27.1 Å². The lowest BCUT2D eigenvalue weighted by Gasteiger charge is -2.10. The molecule has 140 valence electrons. The Kier molecular flexibility index (Phi) is 4.36. The monoisotopic (exact) mass is 393 g/mol. The van der Waals surface area contributed by atoms with E-state index in [-0.39, 0.29) is 10.7 Å². The molecule has 0 spiro atoms. The number of Topliss-reactive ketones (excluding diaryl/α,β-unsaturated/α-hetero) is 1. The highest BCUT2D eigenvalue weighted by molar-refractivity contribution is 7.92. The molecule has 4 rings (SSSR count). The lowest BCUT2D eigenvalue weighted by atomic mass is 10.1. The fourth-order valence-corrected chi connectivity index (χ4v) is 3.82. The van der Waals surface area contributed by atoms with Gasteiger partial charge in [-0.1, -0.05) is 24.3 Å². The van der Waals surface area contributed by atoms with Gasteiger partial charge in [-0.3, -0.25) is 9.52 Å². The molecule has 28 heavy (non-hydrogen) atoms. The van der Waals surface area contributed by atoms with Crippen LogP contribution in [0.5, 0.6) is 0 Å². The summed E-state index contributed by atoms with van der Waals surface area (Å²) in [5, 5.41) is 12.1. The minimum absolute atomic E-state index is 0.0228. The van der Waals surface area contributed by atoms with Crippen molar-refractivity contribution in [2.75, 3.05) is 4.72 Å². The van der Waals surface area contributed by atoms with E-state index in [2.05, 4.69) is 20.0 Å². The fraction of sp³-hybridized carbons (Fsp3) is 0.0526. The highest BCUT2D eigenvalue weighted by atomic mass is 32.2. The predicted molar refractivity (Wildman–Crippen MR) is 103 cm³/mol. The predicted octanol–water partition coefficient (Wildman–Crippen LogP) is 2.79. The van der Waals surface area contributed by atoms with Crippen LogP contribution in [0.3, 0.4) is 0 Å². The Morgan fingerprint density at radius 1 is 1.04 bits per heavy atom. The fourth-order valence-electron chi connectivity index (χ4n) is 2.72. The SMILES string of the molecule is CC(=O)c1cccc(S(=O)(=O)Nc2cccc(-c3ccc4nncn4n3)c2)c1. The molecule has 0 aliphatic rings. The first-order chi connectivity index (χ1) is 13.4. The van der Waals surface area contributed by atoms with Gasteiger partial charge in [0.25, 0.3) is 10.0 Å². The van der Waals surface area contributed by atoms with Crippen molar-refractivity contribution in [3.05, 3.63) is 72.6 Å². The van der Waals surface area contributed by atoms with E-state index in [1.165, 1.54) is 25.4 Å². The zero-order chi connectivity index (χ0) is 19.7. The third kappa shape index (κ3) is 3.47. The molecule has 0 saturated heterocycles. The number of carbonyl (C=O) groups excluding carboxylic acids is 1. The minimum atomic E-state index is -3.84. The molecule has 9 heteroatoms. The number of nitrogens with one attached hydrogen (secondary N) is 1. The number of fused-ring (bicyclic) bond motifs is 1. The maximum Gasteiger partial charge on any atom is 0.261 e. The second-order valence-electron chi connectivity index (χ2n) is 6.12. The van der Waals surface area contributed by atoms with Gasteiger partial charge in [-0.05, 0) is 43.3 Å². The van der Waals surface area contributed by atoms with Crippen LogP contribution in [0.2, 0.25) is 0 Å². The summed E-state index contributed by atoms with van der Waals surface area (Å²) in [4.78, 5) is 11.5. The summed E-state index contributed by atoms with van der Waals surface area (Å²) in [5.41, 5.74) is 2.71. The molecule has 0 saturated carbocycles. The van der Waals surface area contributed by atoms with Crippen LogP contribution < -0.4 is 4.72 Å². The number of ketones is 1. The van der Waals surface area contributed by atoms with Crippen LogP contribution in [0, 0.1) is 0 Å². The van der Waals surface area contributed by atoms with Crippen LogP contribution in [-0.2, 0) is 10.0 Å². The Hall–Kier alpha value is -3.59. The molecule has 0 aliphatic heterocycles. The van der Waals surface area contributed by atoms with Gasteiger partial charge in [0.05, 0.1) is 10.6 Å². The van der Waals surface area contributed by atoms with E-state index in [9.17, 15) is 13.2 Å². The van der Waals surface area contributed by atoms with Crippen molar-refractivity contribution < 1.29 is 13.2 Å². The van der Waals surface area contributed by atoms with Gasteiger partial charge in [0.1, 0.15) is 6.33 Å². The maximum absolute atomic E-state index is 12.7. The van der Waals surface area contributed by atoms with Gasteiger partial charge in [0.15, 0.2) is 11.4 Å². The Labute approximate surface area is 160 Å². The maximum atomic E-state index is 12.7. The van der Waals surface area contributed by atoms with Crippen molar-refractivity contribution in [2.24, 2.45) is 0 Å². The molecule has 0 fully saturated rings. The highest BCUT2D eigenvalue weighted by Gasteiger charge is 2.16. The van der Waals surface area contributed by atoms with Gasteiger partial charge in [-0.25, -0.2) is 8.42 Å². The third-order valence-electron chi connectivity index (χ3n) is 4.12. The Morgan fingerprint density at radius 2 is 1.86 bits per heavy atom. The molecule has 0 aliphatic carbocycles. The summed E-state index contributed by atoms with van der Waals surface area (Å²) < 4.78 is 29.5. The largest absolute Gasteiger partial charge is 0.295 e. The number of nitrogens with zero attached hydrogens (tertiary/aromatic N) is 4. The van der Waals surface area contributed by atoms with Gasteiger partial charge in [0.2, 0.25) is 0 Å². The molecule has 8 nitrogen and oxygen atoms in total. The van der Waals surface area contributed by atoms with Crippen LogP contribution in [0.1, 0.15) is 17.3 Å². The molecular formula is C19H15N5O3S. The van der Waals surface area contributed by atoms with E-state index in [0.29, 0.717) is 22.6 Å². The van der Waals surface area contributed by atoms with E-state index >= 15 is 0 Å². The number of carbonyl (C=O) groups is 1. The molecule has 0 atom stereocenters. The molecule has 0 bridgehead atoms. The second kappa shape index (κ2) is 6.86. The van der Waals surface area contributed by atoms with E-state index in [1.807, 2.05) is 6.07 Å². The first-order valence-corrected chi connectivity index (χ1v) is 9.82. The quantitative estimate of drug-likeness (QED) is 0.523. The average Bonchev–Trinajstić information content (AvgIpc) is 3.16. The smallest absolute Gasteiger partial charge is 0.261 e. The van der Waals surface area contributed by atoms with Gasteiger partial charge >= 0.3 is 0 Å². The number of anilines is 1. The first-order valence-electron chi connectivity index (χ1n) is 8.34. The Balaban J connectivity index is 1.66. The van der Waals surface area contributed by atoms with Crippen molar-refractivity contribution in [1.82, 2.24) is 19.8 Å². The van der Waals surface area contributed by atoms with Crippen molar-refractivity contribution in [1.29, 1.82) is 0 Å². The van der Waals surface area contributed by atoms with Gasteiger partial charge in [-0.2, -0.15) is 9.61 Å². The standard InChI is InChI=1S/C19H15N5O3S/c1-13(25)14-4-3-7-17(11-14)28(26,27)23-16-6-2-5-15(10-16)18-8-9-19-21-20-12-24(19)22-18/h2-12,23H,1H3. The molecule has 1 N–H and O–H groups in total. The van der Waals surface area contributed by atoms with Gasteiger partial charge in [0, 0.05) is 16.8 Å². The number of sulfonamides is 1. The molecule has 4 aromatic rings. The Morgan fingerprint density at radius 3 is 2.68 bits per heavy atom. The molecule has 0 radical (unpaired) electrons. The number of rotatable bonds is 5. The van der Waals surface area contributed by atoms with E-state index in [1.54, 1.807) is 47.0 Å². The number of aromatic nitrogens is 4. The van der Waals surface area contributed by atoms with E-state index in [4.69, 9.17) is 0 Å². The van der Waals surface area contributed by atoms with Gasteiger partial charge in [-0.15, -0.1) is 10.2 Å². The van der Waals surface area contributed by atoms with Crippen molar-refractivity contribution in [3.8, 4) is 11.3 Å². The number of hydrogen-bond acceptors (Lipinski definition) is 6. The third-order valence-corrected chi connectivity index (χ3v) is 5.50. The average molecular weight is 393 g/mol. The summed E-state index contributed by atoms with van der Waals surface area (Å²) in [5.74, 6) is -0.200. The van der Waals surface area contributed by atoms with Crippen LogP contribution in [0.4, 0.5) is 5.69 Å². The molecule has 2 aromatic carbocycles. The summed E-state index contributed by atoms with van der Waals surface area (Å²) in [7, 11) is -3.84. The number of benzene rings is 2. The van der Waals surface area contributed by atoms with Crippen LogP contribution in [-0.4, -0.2) is 34.0 Å². The molecule has 2 heterocycles. The van der Waals surface area contributed by atoms with Crippen molar-refractivity contribution in [3.63, 3.8) is 0 Å². The molecule has 0 amide bonds. The van der Waals surface area contributed by atoms with Gasteiger partial charge < -0.3 is 0 Å². The van der Waals surface area contributed by atoms with E-state index < -0.39 is 10.0 Å². The molecular weight excluding hydrogens is 378 g/mol. The topological polar surface area (TPSA) is 106 Å². The molecule has 2 aromatic heterocycles. The zero-order valence-corrected chi connectivity index (χ0v) is 15.6.